The zero-order chi connectivity index (χ0) is 14.3. The van der Waals surface area contributed by atoms with Gasteiger partial charge in [0.05, 0.1) is 6.10 Å². The molecule has 0 heterocycles. The first-order valence-corrected chi connectivity index (χ1v) is 6.93. The van der Waals surface area contributed by atoms with E-state index in [9.17, 15) is 9.90 Å². The number of hydrogen-bond donors (Lipinski definition) is 3. The van der Waals surface area contributed by atoms with Gasteiger partial charge in [0.1, 0.15) is 0 Å². The highest BCUT2D eigenvalue weighted by atomic mass is 35.5. The number of aliphatic hydroxyl groups excluding tert-OH is 1. The van der Waals surface area contributed by atoms with Crippen molar-refractivity contribution in [3.05, 3.63) is 34.9 Å². The van der Waals surface area contributed by atoms with Crippen molar-refractivity contribution in [2.24, 2.45) is 0 Å². The molecule has 0 spiro atoms. The fourth-order valence-electron chi connectivity index (χ4n) is 1.77. The van der Waals surface area contributed by atoms with Gasteiger partial charge in [0, 0.05) is 23.2 Å². The third-order valence-corrected chi connectivity index (χ3v) is 3.39. The molecular formula is C14H21ClN2O2. The maximum absolute atomic E-state index is 11.6. The second-order valence-corrected chi connectivity index (χ2v) is 4.81. The fourth-order valence-corrected chi connectivity index (χ4v) is 2.04. The summed E-state index contributed by atoms with van der Waals surface area (Å²) in [7, 11) is 0. The number of aliphatic hydroxyl groups is 1. The normalized spacial score (nSPS) is 12.3. The van der Waals surface area contributed by atoms with Crippen molar-refractivity contribution < 1.29 is 9.90 Å². The van der Waals surface area contributed by atoms with Crippen molar-refractivity contribution in [1.29, 1.82) is 0 Å². The largest absolute Gasteiger partial charge is 0.387 e. The molecule has 19 heavy (non-hydrogen) atoms. The highest BCUT2D eigenvalue weighted by molar-refractivity contribution is 6.31. The van der Waals surface area contributed by atoms with E-state index < -0.39 is 6.10 Å². The molecule has 3 N–H and O–H groups in total. The highest BCUT2D eigenvalue weighted by Crippen LogP contribution is 2.21. The van der Waals surface area contributed by atoms with E-state index in [0.717, 1.165) is 12.8 Å². The van der Waals surface area contributed by atoms with Crippen LogP contribution in [0.25, 0.3) is 0 Å². The standard InChI is InChI=1S/C14H21ClN2O2/c1-3-10(4-2)17-14(19)16-9-13(18)11-7-5-6-8-12(11)15/h5-8,10,13,18H,3-4,9H2,1-2H3,(H2,16,17,19). The molecule has 0 radical (unpaired) electrons. The Bertz CT molecular complexity index is 408. The predicted molar refractivity (Wildman–Crippen MR) is 77.3 cm³/mol. The van der Waals surface area contributed by atoms with Gasteiger partial charge < -0.3 is 15.7 Å². The van der Waals surface area contributed by atoms with Crippen LogP contribution in [0.2, 0.25) is 5.02 Å². The third kappa shape index (κ3) is 5.09. The Hall–Kier alpha value is -1.26. The topological polar surface area (TPSA) is 61.4 Å². The van der Waals surface area contributed by atoms with Crippen LogP contribution >= 0.6 is 11.6 Å². The summed E-state index contributed by atoms with van der Waals surface area (Å²) in [5.74, 6) is 0. The lowest BCUT2D eigenvalue weighted by atomic mass is 10.1. The van der Waals surface area contributed by atoms with Crippen LogP contribution in [0.3, 0.4) is 0 Å². The van der Waals surface area contributed by atoms with Gasteiger partial charge in [0.15, 0.2) is 0 Å². The lowest BCUT2D eigenvalue weighted by Gasteiger charge is -2.17. The monoisotopic (exact) mass is 284 g/mol. The van der Waals surface area contributed by atoms with E-state index >= 15 is 0 Å². The maximum Gasteiger partial charge on any atom is 0.315 e. The first-order chi connectivity index (χ1) is 9.08. The summed E-state index contributed by atoms with van der Waals surface area (Å²) in [6.45, 7) is 4.18. The molecule has 1 atom stereocenters. The molecule has 1 unspecified atom stereocenters. The van der Waals surface area contributed by atoms with Crippen molar-refractivity contribution in [2.45, 2.75) is 38.8 Å². The molecule has 0 aliphatic rings. The van der Waals surface area contributed by atoms with Crippen molar-refractivity contribution in [3.8, 4) is 0 Å². The number of halogens is 1. The second kappa shape index (κ2) is 8.02. The number of rotatable bonds is 6. The van der Waals surface area contributed by atoms with E-state index in [4.69, 9.17) is 11.6 Å². The van der Waals surface area contributed by atoms with E-state index in [0.29, 0.717) is 10.6 Å². The maximum atomic E-state index is 11.6. The molecule has 106 valence electrons. The van der Waals surface area contributed by atoms with Crippen LogP contribution in [0.4, 0.5) is 4.79 Å². The van der Waals surface area contributed by atoms with E-state index in [-0.39, 0.29) is 18.6 Å². The van der Waals surface area contributed by atoms with Gasteiger partial charge >= 0.3 is 6.03 Å². The molecule has 0 aliphatic carbocycles. The van der Waals surface area contributed by atoms with Gasteiger partial charge in [-0.15, -0.1) is 0 Å². The summed E-state index contributed by atoms with van der Waals surface area (Å²) in [5, 5.41) is 16.0. The summed E-state index contributed by atoms with van der Waals surface area (Å²) >= 11 is 5.98. The fraction of sp³-hybridized carbons (Fsp3) is 0.500. The Kier molecular flexibility index (Phi) is 6.67. The van der Waals surface area contributed by atoms with Crippen LogP contribution in [-0.2, 0) is 0 Å². The van der Waals surface area contributed by atoms with E-state index in [1.807, 2.05) is 13.8 Å². The average Bonchev–Trinajstić information content (AvgIpc) is 2.42. The highest BCUT2D eigenvalue weighted by Gasteiger charge is 2.13. The zero-order valence-electron chi connectivity index (χ0n) is 11.3. The Balaban J connectivity index is 2.44. The second-order valence-electron chi connectivity index (χ2n) is 4.41. The lowest BCUT2D eigenvalue weighted by molar-refractivity contribution is 0.172. The molecule has 2 amide bonds. The number of hydrogen-bond acceptors (Lipinski definition) is 2. The average molecular weight is 285 g/mol. The van der Waals surface area contributed by atoms with Crippen LogP contribution in [0.15, 0.2) is 24.3 Å². The molecule has 5 heteroatoms. The summed E-state index contributed by atoms with van der Waals surface area (Å²) in [6.07, 6.45) is 0.967. The van der Waals surface area contributed by atoms with Crippen LogP contribution in [-0.4, -0.2) is 23.7 Å². The summed E-state index contributed by atoms with van der Waals surface area (Å²) in [6, 6.07) is 6.95. The van der Waals surface area contributed by atoms with E-state index in [2.05, 4.69) is 10.6 Å². The molecule has 1 aromatic rings. The molecule has 0 aromatic heterocycles. The van der Waals surface area contributed by atoms with Crippen LogP contribution in [0, 0.1) is 0 Å². The van der Waals surface area contributed by atoms with Gasteiger partial charge in [-0.1, -0.05) is 43.6 Å². The van der Waals surface area contributed by atoms with Crippen molar-refractivity contribution in [2.75, 3.05) is 6.54 Å². The van der Waals surface area contributed by atoms with Crippen molar-refractivity contribution in [3.63, 3.8) is 0 Å². The smallest absolute Gasteiger partial charge is 0.315 e. The predicted octanol–water partition coefficient (Wildman–Crippen LogP) is 2.86. The minimum atomic E-state index is -0.804. The molecular weight excluding hydrogens is 264 g/mol. The first kappa shape index (κ1) is 15.8. The number of benzene rings is 1. The quantitative estimate of drug-likeness (QED) is 0.752. The Labute approximate surface area is 119 Å². The van der Waals surface area contributed by atoms with Gasteiger partial charge in [-0.05, 0) is 18.9 Å². The number of amides is 2. The lowest BCUT2D eigenvalue weighted by Crippen LogP contribution is -2.42. The molecule has 0 aliphatic heterocycles. The molecule has 1 aromatic carbocycles. The minimum Gasteiger partial charge on any atom is -0.387 e. The van der Waals surface area contributed by atoms with Crippen molar-refractivity contribution >= 4 is 17.6 Å². The summed E-state index contributed by atoms with van der Waals surface area (Å²) in [4.78, 5) is 11.6. The molecule has 0 fully saturated rings. The van der Waals surface area contributed by atoms with Crippen LogP contribution < -0.4 is 10.6 Å². The van der Waals surface area contributed by atoms with Gasteiger partial charge in [-0.25, -0.2) is 4.79 Å². The van der Waals surface area contributed by atoms with Crippen LogP contribution in [0.1, 0.15) is 38.4 Å². The van der Waals surface area contributed by atoms with Gasteiger partial charge in [0.2, 0.25) is 0 Å². The number of carbonyl (C=O) groups is 1. The third-order valence-electron chi connectivity index (χ3n) is 3.04. The van der Waals surface area contributed by atoms with Crippen LogP contribution in [0.5, 0.6) is 0 Å². The molecule has 0 saturated heterocycles. The molecule has 0 saturated carbocycles. The molecule has 4 nitrogen and oxygen atoms in total. The molecule has 0 bridgehead atoms. The zero-order valence-corrected chi connectivity index (χ0v) is 12.1. The summed E-state index contributed by atoms with van der Waals surface area (Å²) in [5.41, 5.74) is 0.618. The van der Waals surface area contributed by atoms with Crippen molar-refractivity contribution in [1.82, 2.24) is 10.6 Å². The number of nitrogens with one attached hydrogen (secondary N) is 2. The van der Waals surface area contributed by atoms with Gasteiger partial charge in [0.25, 0.3) is 0 Å². The number of carbonyl (C=O) groups excluding carboxylic acids is 1. The Morgan fingerprint density at radius 2 is 1.95 bits per heavy atom. The Morgan fingerprint density at radius 3 is 2.53 bits per heavy atom. The van der Waals surface area contributed by atoms with E-state index in [1.165, 1.54) is 0 Å². The van der Waals surface area contributed by atoms with Gasteiger partial charge in [-0.2, -0.15) is 0 Å². The Morgan fingerprint density at radius 1 is 1.32 bits per heavy atom. The number of urea groups is 1. The SMILES string of the molecule is CCC(CC)NC(=O)NCC(O)c1ccccc1Cl. The molecule has 1 rings (SSSR count). The van der Waals surface area contributed by atoms with E-state index in [1.54, 1.807) is 24.3 Å². The van der Waals surface area contributed by atoms with Gasteiger partial charge in [-0.3, -0.25) is 0 Å². The first-order valence-electron chi connectivity index (χ1n) is 6.55. The summed E-state index contributed by atoms with van der Waals surface area (Å²) < 4.78 is 0. The minimum absolute atomic E-state index is 0.135.